The van der Waals surface area contributed by atoms with Crippen molar-refractivity contribution in [1.82, 2.24) is 4.57 Å². The van der Waals surface area contributed by atoms with Crippen molar-refractivity contribution in [2.45, 2.75) is 58.5 Å². The third kappa shape index (κ3) is 1.30. The lowest BCUT2D eigenvalue weighted by atomic mass is 9.73. The van der Waals surface area contributed by atoms with Crippen LogP contribution in [0.4, 0.5) is 0 Å². The van der Waals surface area contributed by atoms with Crippen LogP contribution in [-0.4, -0.2) is 4.57 Å². The summed E-state index contributed by atoms with van der Waals surface area (Å²) in [5.41, 5.74) is 4.34. The normalized spacial score (nSPS) is 27.1. The Hall–Kier alpha value is -1.83. The standard InChI is InChI=1S/C20H25N2/c1-6-19(4)20(5,7-2)22-12-10-16-14(3)13-15-9-8-11-21(19)17(15)18(16)22/h8-13H,6-7H2,1-5H3/q+1. The Labute approximate surface area is 132 Å². The molecule has 0 bridgehead atoms. The summed E-state index contributed by atoms with van der Waals surface area (Å²) in [4.78, 5) is 0. The number of hydrogen-bond acceptors (Lipinski definition) is 0. The van der Waals surface area contributed by atoms with Crippen LogP contribution in [0.1, 0.15) is 46.1 Å². The first-order valence-electron chi connectivity index (χ1n) is 8.44. The summed E-state index contributed by atoms with van der Waals surface area (Å²) >= 11 is 0. The minimum absolute atomic E-state index is 0.0788. The van der Waals surface area contributed by atoms with Gasteiger partial charge in [0.25, 0.3) is 0 Å². The molecule has 0 N–H and O–H groups in total. The average molecular weight is 293 g/mol. The van der Waals surface area contributed by atoms with Crippen molar-refractivity contribution < 1.29 is 4.57 Å². The van der Waals surface area contributed by atoms with Gasteiger partial charge in [0.1, 0.15) is 11.1 Å². The van der Waals surface area contributed by atoms with Crippen LogP contribution >= 0.6 is 0 Å². The number of nitrogens with zero attached hydrogens (tertiary/aromatic N) is 2. The molecular weight excluding hydrogens is 268 g/mol. The van der Waals surface area contributed by atoms with Crippen LogP contribution in [0.25, 0.3) is 21.8 Å². The van der Waals surface area contributed by atoms with Gasteiger partial charge in [-0.05, 0) is 44.0 Å². The molecule has 1 aliphatic rings. The third-order valence-corrected chi connectivity index (χ3v) is 6.53. The van der Waals surface area contributed by atoms with Gasteiger partial charge in [-0.3, -0.25) is 0 Å². The molecule has 0 saturated heterocycles. The second-order valence-electron chi connectivity index (χ2n) is 7.21. The lowest BCUT2D eigenvalue weighted by molar-refractivity contribution is -0.755. The van der Waals surface area contributed by atoms with Gasteiger partial charge in [-0.15, -0.1) is 0 Å². The zero-order valence-electron chi connectivity index (χ0n) is 14.3. The van der Waals surface area contributed by atoms with Crippen LogP contribution in [0.5, 0.6) is 0 Å². The van der Waals surface area contributed by atoms with Crippen LogP contribution in [0.3, 0.4) is 0 Å². The van der Waals surface area contributed by atoms with Gasteiger partial charge in [-0.25, -0.2) is 0 Å². The van der Waals surface area contributed by atoms with E-state index in [0.29, 0.717) is 0 Å². The van der Waals surface area contributed by atoms with E-state index in [1.54, 1.807) is 0 Å². The van der Waals surface area contributed by atoms with E-state index in [-0.39, 0.29) is 11.1 Å². The average Bonchev–Trinajstić information content (AvgIpc) is 2.98. The van der Waals surface area contributed by atoms with Crippen molar-refractivity contribution >= 4 is 21.8 Å². The molecule has 2 unspecified atom stereocenters. The molecule has 0 fully saturated rings. The fourth-order valence-corrected chi connectivity index (χ4v) is 4.64. The topological polar surface area (TPSA) is 8.81 Å². The summed E-state index contributed by atoms with van der Waals surface area (Å²) in [6.07, 6.45) is 6.84. The van der Waals surface area contributed by atoms with Crippen molar-refractivity contribution in [3.8, 4) is 0 Å². The number of pyridine rings is 1. The largest absolute Gasteiger partial charge is 0.329 e. The number of aryl methyl sites for hydroxylation is 1. The van der Waals surface area contributed by atoms with E-state index in [1.165, 1.54) is 27.4 Å². The first kappa shape index (κ1) is 13.8. The van der Waals surface area contributed by atoms with Gasteiger partial charge in [-0.2, -0.15) is 4.57 Å². The molecule has 2 atom stereocenters. The minimum Gasteiger partial charge on any atom is -0.329 e. The molecule has 2 aromatic heterocycles. The second-order valence-corrected chi connectivity index (χ2v) is 7.21. The molecule has 2 nitrogen and oxygen atoms in total. The summed E-state index contributed by atoms with van der Waals surface area (Å²) in [5, 5.41) is 2.75. The van der Waals surface area contributed by atoms with Crippen molar-refractivity contribution in [1.29, 1.82) is 0 Å². The van der Waals surface area contributed by atoms with E-state index in [1.807, 2.05) is 0 Å². The molecule has 0 radical (unpaired) electrons. The highest BCUT2D eigenvalue weighted by Gasteiger charge is 2.55. The van der Waals surface area contributed by atoms with E-state index in [2.05, 4.69) is 80.4 Å². The maximum Gasteiger partial charge on any atom is 0.237 e. The Bertz CT molecular complexity index is 905. The zero-order chi connectivity index (χ0) is 15.7. The summed E-state index contributed by atoms with van der Waals surface area (Å²) in [6.45, 7) is 11.7. The van der Waals surface area contributed by atoms with E-state index < -0.39 is 0 Å². The van der Waals surface area contributed by atoms with Gasteiger partial charge >= 0.3 is 0 Å². The SMILES string of the molecule is CCC1(C)n2ccc3c(C)cc4ccc[n+](c4c32)C1(C)CC. The lowest BCUT2D eigenvalue weighted by Crippen LogP contribution is -2.68. The maximum atomic E-state index is 2.56. The van der Waals surface area contributed by atoms with Crippen molar-refractivity contribution in [3.63, 3.8) is 0 Å². The highest BCUT2D eigenvalue weighted by molar-refractivity contribution is 6.04. The Morgan fingerprint density at radius 3 is 2.59 bits per heavy atom. The van der Waals surface area contributed by atoms with Gasteiger partial charge in [-0.1, -0.05) is 13.8 Å². The van der Waals surface area contributed by atoms with Gasteiger partial charge in [0.05, 0.1) is 0 Å². The van der Waals surface area contributed by atoms with Crippen LogP contribution in [0, 0.1) is 6.92 Å². The number of aromatic nitrogens is 2. The quantitative estimate of drug-likeness (QED) is 0.608. The van der Waals surface area contributed by atoms with E-state index in [4.69, 9.17) is 0 Å². The first-order valence-corrected chi connectivity index (χ1v) is 8.44. The fourth-order valence-electron chi connectivity index (χ4n) is 4.64. The smallest absolute Gasteiger partial charge is 0.237 e. The van der Waals surface area contributed by atoms with Gasteiger partial charge in [0.15, 0.2) is 11.7 Å². The second kappa shape index (κ2) is 4.13. The van der Waals surface area contributed by atoms with E-state index in [0.717, 1.165) is 12.8 Å². The predicted molar refractivity (Wildman–Crippen MR) is 92.3 cm³/mol. The Morgan fingerprint density at radius 2 is 1.91 bits per heavy atom. The van der Waals surface area contributed by atoms with Crippen LogP contribution < -0.4 is 4.57 Å². The number of benzene rings is 1. The molecule has 0 saturated carbocycles. The van der Waals surface area contributed by atoms with E-state index in [9.17, 15) is 0 Å². The monoisotopic (exact) mass is 293 g/mol. The van der Waals surface area contributed by atoms with Crippen molar-refractivity contribution in [2.24, 2.45) is 0 Å². The van der Waals surface area contributed by atoms with Crippen LogP contribution in [0.15, 0.2) is 36.7 Å². The molecule has 3 heterocycles. The Kier molecular flexibility index (Phi) is 2.59. The first-order chi connectivity index (χ1) is 10.5. The molecule has 0 spiro atoms. The highest BCUT2D eigenvalue weighted by atomic mass is 15.2. The molecular formula is C20H25N2+. The van der Waals surface area contributed by atoms with Gasteiger partial charge < -0.3 is 4.57 Å². The third-order valence-electron chi connectivity index (χ3n) is 6.53. The van der Waals surface area contributed by atoms with Crippen LogP contribution in [0.2, 0.25) is 0 Å². The summed E-state index contributed by atoms with van der Waals surface area (Å²) < 4.78 is 5.11. The van der Waals surface area contributed by atoms with Crippen molar-refractivity contribution in [3.05, 3.63) is 42.2 Å². The molecule has 114 valence electrons. The summed E-state index contributed by atoms with van der Waals surface area (Å²) in [5.74, 6) is 0. The zero-order valence-corrected chi connectivity index (χ0v) is 14.3. The lowest BCUT2D eigenvalue weighted by Gasteiger charge is -2.45. The number of hydrogen-bond donors (Lipinski definition) is 0. The van der Waals surface area contributed by atoms with Gasteiger partial charge in [0, 0.05) is 36.4 Å². The molecule has 3 aromatic rings. The maximum absolute atomic E-state index is 2.56. The molecule has 1 aliphatic heterocycles. The van der Waals surface area contributed by atoms with Crippen molar-refractivity contribution in [2.75, 3.05) is 0 Å². The van der Waals surface area contributed by atoms with E-state index >= 15 is 0 Å². The number of rotatable bonds is 2. The molecule has 0 aliphatic carbocycles. The predicted octanol–water partition coefficient (Wildman–Crippen LogP) is 4.65. The van der Waals surface area contributed by atoms with Crippen LogP contribution in [-0.2, 0) is 11.1 Å². The molecule has 1 aromatic carbocycles. The fraction of sp³-hybridized carbons (Fsp3) is 0.450. The summed E-state index contributed by atoms with van der Waals surface area (Å²) in [7, 11) is 0. The molecule has 4 rings (SSSR count). The highest BCUT2D eigenvalue weighted by Crippen LogP contribution is 2.45. The molecule has 22 heavy (non-hydrogen) atoms. The minimum atomic E-state index is 0.0788. The summed E-state index contributed by atoms with van der Waals surface area (Å²) in [6, 6.07) is 9.09. The Balaban J connectivity index is 2.33. The van der Waals surface area contributed by atoms with Gasteiger partial charge in [0.2, 0.25) is 5.52 Å². The molecule has 2 heteroatoms. The Morgan fingerprint density at radius 1 is 1.14 bits per heavy atom. The molecule has 0 amide bonds.